The molecule has 0 unspecified atom stereocenters. The van der Waals surface area contributed by atoms with Gasteiger partial charge in [0.2, 0.25) is 0 Å². The van der Waals surface area contributed by atoms with Crippen molar-refractivity contribution in [2.45, 2.75) is 40.0 Å². The van der Waals surface area contributed by atoms with Crippen molar-refractivity contribution in [1.29, 1.82) is 0 Å². The Hall–Kier alpha value is -2.63. The van der Waals surface area contributed by atoms with Crippen LogP contribution in [0.2, 0.25) is 0 Å². The van der Waals surface area contributed by atoms with Gasteiger partial charge in [-0.15, -0.1) is 5.10 Å². The van der Waals surface area contributed by atoms with E-state index < -0.39 is 0 Å². The van der Waals surface area contributed by atoms with E-state index in [1.807, 2.05) is 11.4 Å². The molecule has 1 saturated heterocycles. The number of nitrogens with zero attached hydrogens (tertiary/aromatic N) is 6. The summed E-state index contributed by atoms with van der Waals surface area (Å²) < 4.78 is 1.98. The summed E-state index contributed by atoms with van der Waals surface area (Å²) in [6.45, 7) is 10.4. The van der Waals surface area contributed by atoms with Crippen LogP contribution >= 0.6 is 0 Å². The molecule has 0 bridgehead atoms. The average molecular weight is 362 g/mol. The van der Waals surface area contributed by atoms with E-state index in [9.17, 15) is 0 Å². The molecule has 0 saturated carbocycles. The lowest BCUT2D eigenvalue weighted by Gasteiger charge is -2.38. The summed E-state index contributed by atoms with van der Waals surface area (Å²) in [5.74, 6) is 2.77. The van der Waals surface area contributed by atoms with Crippen LogP contribution in [-0.4, -0.2) is 45.8 Å². The molecule has 1 aromatic carbocycles. The number of rotatable bonds is 2. The Kier molecular flexibility index (Phi) is 3.81. The predicted octanol–water partition coefficient (Wildman–Crippen LogP) is 2.86. The summed E-state index contributed by atoms with van der Waals surface area (Å²) in [6.07, 6.45) is 3.35. The monoisotopic (exact) mass is 362 g/mol. The van der Waals surface area contributed by atoms with Gasteiger partial charge in [0, 0.05) is 37.4 Å². The minimum absolute atomic E-state index is 0.750. The quantitative estimate of drug-likeness (QED) is 0.702. The Morgan fingerprint density at radius 1 is 0.889 bits per heavy atom. The van der Waals surface area contributed by atoms with Crippen LogP contribution in [0.25, 0.3) is 5.78 Å². The van der Waals surface area contributed by atoms with E-state index in [-0.39, 0.29) is 0 Å². The molecule has 1 aliphatic carbocycles. The van der Waals surface area contributed by atoms with Crippen LogP contribution in [-0.2, 0) is 12.8 Å². The lowest BCUT2D eigenvalue weighted by molar-refractivity contribution is 0.634. The molecule has 6 nitrogen and oxygen atoms in total. The van der Waals surface area contributed by atoms with Gasteiger partial charge >= 0.3 is 0 Å². The van der Waals surface area contributed by atoms with E-state index in [0.29, 0.717) is 0 Å². The largest absolute Gasteiger partial charge is 0.368 e. The van der Waals surface area contributed by atoms with Gasteiger partial charge in [0.05, 0.1) is 5.69 Å². The molecule has 3 heterocycles. The van der Waals surface area contributed by atoms with Crippen molar-refractivity contribution in [1.82, 2.24) is 19.6 Å². The number of piperazine rings is 1. The fourth-order valence-electron chi connectivity index (χ4n) is 4.50. The van der Waals surface area contributed by atoms with Crippen molar-refractivity contribution in [2.75, 3.05) is 36.0 Å². The van der Waals surface area contributed by atoms with Crippen LogP contribution in [0.1, 0.15) is 34.6 Å². The average Bonchev–Trinajstić information content (AvgIpc) is 3.27. The molecule has 0 N–H and O–H groups in total. The first kappa shape index (κ1) is 16.5. The highest BCUT2D eigenvalue weighted by molar-refractivity contribution is 5.60. The van der Waals surface area contributed by atoms with Crippen molar-refractivity contribution in [3.63, 3.8) is 0 Å². The number of hydrogen-bond donors (Lipinski definition) is 0. The Morgan fingerprint density at radius 3 is 2.48 bits per heavy atom. The Balaban J connectivity index is 1.47. The second-order valence-corrected chi connectivity index (χ2v) is 7.85. The van der Waals surface area contributed by atoms with Gasteiger partial charge in [-0.2, -0.15) is 9.50 Å². The standard InChI is InChI=1S/C21H26N6/c1-14-7-8-15(2)19(13-14)25-9-11-26(12-10-25)20-17-5-4-6-18(17)23-21-22-16(3)24-27(20)21/h7-8,13H,4-6,9-12H2,1-3H3. The van der Waals surface area contributed by atoms with Crippen LogP contribution in [0.3, 0.4) is 0 Å². The fourth-order valence-corrected chi connectivity index (χ4v) is 4.50. The van der Waals surface area contributed by atoms with Crippen LogP contribution in [0.5, 0.6) is 0 Å². The number of benzene rings is 1. The lowest BCUT2D eigenvalue weighted by Crippen LogP contribution is -2.47. The number of anilines is 2. The Morgan fingerprint density at radius 2 is 1.67 bits per heavy atom. The molecular weight excluding hydrogens is 336 g/mol. The molecule has 5 rings (SSSR count). The molecule has 1 aliphatic heterocycles. The van der Waals surface area contributed by atoms with Crippen molar-refractivity contribution in [2.24, 2.45) is 0 Å². The molecule has 2 aliphatic rings. The van der Waals surface area contributed by atoms with E-state index in [1.54, 1.807) is 0 Å². The SMILES string of the molecule is Cc1ccc(C)c(N2CCN(c3c4c(nc5nc(C)nn35)CCC4)CC2)c1. The Labute approximate surface area is 159 Å². The zero-order valence-electron chi connectivity index (χ0n) is 16.4. The molecule has 27 heavy (non-hydrogen) atoms. The van der Waals surface area contributed by atoms with Gasteiger partial charge in [0.25, 0.3) is 5.78 Å². The molecule has 6 heteroatoms. The van der Waals surface area contributed by atoms with Gasteiger partial charge in [-0.05, 0) is 57.2 Å². The first-order valence-electron chi connectivity index (χ1n) is 9.92. The molecule has 1 fully saturated rings. The summed E-state index contributed by atoms with van der Waals surface area (Å²) in [5, 5.41) is 4.66. The van der Waals surface area contributed by atoms with Crippen molar-refractivity contribution < 1.29 is 0 Å². The molecule has 0 radical (unpaired) electrons. The first-order chi connectivity index (χ1) is 13.1. The molecular formula is C21H26N6. The van der Waals surface area contributed by atoms with Crippen LogP contribution in [0, 0.1) is 20.8 Å². The third kappa shape index (κ3) is 2.74. The van der Waals surface area contributed by atoms with E-state index in [2.05, 4.69) is 51.9 Å². The van der Waals surface area contributed by atoms with Gasteiger partial charge in [0.1, 0.15) is 11.6 Å². The second-order valence-electron chi connectivity index (χ2n) is 7.85. The number of hydrogen-bond acceptors (Lipinski definition) is 5. The smallest absolute Gasteiger partial charge is 0.254 e. The predicted molar refractivity (Wildman–Crippen MR) is 108 cm³/mol. The van der Waals surface area contributed by atoms with Gasteiger partial charge in [-0.3, -0.25) is 0 Å². The lowest BCUT2D eigenvalue weighted by atomic mass is 10.1. The van der Waals surface area contributed by atoms with Crippen molar-refractivity contribution >= 4 is 17.3 Å². The normalized spacial score (nSPS) is 17.0. The van der Waals surface area contributed by atoms with Gasteiger partial charge < -0.3 is 9.80 Å². The topological polar surface area (TPSA) is 49.6 Å². The third-order valence-electron chi connectivity index (χ3n) is 5.87. The number of fused-ring (bicyclic) bond motifs is 2. The maximum atomic E-state index is 4.77. The number of aryl methyl sites for hydroxylation is 4. The minimum atomic E-state index is 0.750. The summed E-state index contributed by atoms with van der Waals surface area (Å²) in [6, 6.07) is 6.74. The molecule has 2 aromatic heterocycles. The molecule has 3 aromatic rings. The van der Waals surface area contributed by atoms with Crippen LogP contribution < -0.4 is 9.80 Å². The summed E-state index contributed by atoms with van der Waals surface area (Å²) >= 11 is 0. The first-order valence-corrected chi connectivity index (χ1v) is 9.92. The summed E-state index contributed by atoms with van der Waals surface area (Å²) in [7, 11) is 0. The highest BCUT2D eigenvalue weighted by atomic mass is 15.4. The Bertz CT molecular complexity index is 1010. The van der Waals surface area contributed by atoms with Crippen LogP contribution in [0.15, 0.2) is 18.2 Å². The van der Waals surface area contributed by atoms with E-state index >= 15 is 0 Å². The second kappa shape index (κ2) is 6.22. The fraction of sp³-hybridized carbons (Fsp3) is 0.476. The summed E-state index contributed by atoms with van der Waals surface area (Å²) in [4.78, 5) is 14.3. The molecule has 140 valence electrons. The van der Waals surface area contributed by atoms with Crippen molar-refractivity contribution in [3.05, 3.63) is 46.4 Å². The minimum Gasteiger partial charge on any atom is -0.368 e. The zero-order valence-corrected chi connectivity index (χ0v) is 16.4. The van der Waals surface area contributed by atoms with Gasteiger partial charge in [-0.25, -0.2) is 4.98 Å². The maximum Gasteiger partial charge on any atom is 0.254 e. The molecule has 0 atom stereocenters. The molecule has 0 amide bonds. The van der Waals surface area contributed by atoms with E-state index in [0.717, 1.165) is 50.6 Å². The van der Waals surface area contributed by atoms with E-state index in [1.165, 1.54) is 40.3 Å². The highest BCUT2D eigenvalue weighted by Gasteiger charge is 2.28. The van der Waals surface area contributed by atoms with Crippen LogP contribution in [0.4, 0.5) is 11.5 Å². The molecule has 0 spiro atoms. The van der Waals surface area contributed by atoms with E-state index in [4.69, 9.17) is 4.98 Å². The maximum absolute atomic E-state index is 4.77. The number of aromatic nitrogens is 4. The third-order valence-corrected chi connectivity index (χ3v) is 5.87. The summed E-state index contributed by atoms with van der Waals surface area (Å²) in [5.41, 5.74) is 6.66. The zero-order chi connectivity index (χ0) is 18.5. The van der Waals surface area contributed by atoms with Gasteiger partial charge in [0.15, 0.2) is 0 Å². The van der Waals surface area contributed by atoms with Gasteiger partial charge in [-0.1, -0.05) is 12.1 Å². The highest BCUT2D eigenvalue weighted by Crippen LogP contribution is 2.32. The van der Waals surface area contributed by atoms with Crippen molar-refractivity contribution in [3.8, 4) is 0 Å².